The molecule has 0 spiro atoms. The highest BCUT2D eigenvalue weighted by Crippen LogP contribution is 2.20. The van der Waals surface area contributed by atoms with Crippen molar-refractivity contribution in [3.63, 3.8) is 0 Å². The van der Waals surface area contributed by atoms with Crippen molar-refractivity contribution < 1.29 is 0 Å². The van der Waals surface area contributed by atoms with Gasteiger partial charge >= 0.3 is 0 Å². The van der Waals surface area contributed by atoms with E-state index in [1.807, 2.05) is 18.9 Å². The smallest absolute Gasteiger partial charge is 0.267 e. The minimum Gasteiger partial charge on any atom is -0.356 e. The molecular weight excluding hydrogens is 260 g/mol. The minimum absolute atomic E-state index is 0.174. The van der Waals surface area contributed by atoms with Gasteiger partial charge in [0.15, 0.2) is 0 Å². The van der Waals surface area contributed by atoms with Gasteiger partial charge in [-0.3, -0.25) is 4.79 Å². The molecule has 0 aliphatic heterocycles. The first-order valence-electron chi connectivity index (χ1n) is 4.74. The first-order chi connectivity index (χ1) is 7.07. The molecule has 0 radical (unpaired) electrons. The maximum absolute atomic E-state index is 11.3. The lowest BCUT2D eigenvalue weighted by molar-refractivity contribution is 0.627. The predicted octanol–water partition coefficient (Wildman–Crippen LogP) is 0.706. The van der Waals surface area contributed by atoms with Crippen LogP contribution >= 0.6 is 15.9 Å². The van der Waals surface area contributed by atoms with Gasteiger partial charge in [0.25, 0.3) is 5.56 Å². The Morgan fingerprint density at radius 3 is 3.00 bits per heavy atom. The molecule has 0 bridgehead atoms. The Morgan fingerprint density at radius 2 is 2.40 bits per heavy atom. The average molecular weight is 275 g/mol. The first-order valence-corrected chi connectivity index (χ1v) is 5.53. The van der Waals surface area contributed by atoms with Crippen molar-refractivity contribution in [1.29, 1.82) is 0 Å². The first kappa shape index (κ1) is 12.2. The standard InChI is InChI=1S/C9H15BrN4O/c1-6(3-4-11)14(2)8-7(10)9(15)13-5-12-8/h5-6H,3-4,11H2,1-2H3,(H,12,13,15). The molecule has 1 atom stereocenters. The summed E-state index contributed by atoms with van der Waals surface area (Å²) in [7, 11) is 1.90. The Bertz CT molecular complexity index is 379. The second kappa shape index (κ2) is 5.27. The maximum atomic E-state index is 11.3. The van der Waals surface area contributed by atoms with Gasteiger partial charge in [0.1, 0.15) is 10.3 Å². The molecule has 0 aliphatic rings. The Morgan fingerprint density at radius 1 is 1.73 bits per heavy atom. The Kier molecular flexibility index (Phi) is 4.28. The Labute approximate surface area is 96.8 Å². The van der Waals surface area contributed by atoms with Crippen molar-refractivity contribution in [1.82, 2.24) is 9.97 Å². The molecule has 84 valence electrons. The van der Waals surface area contributed by atoms with Gasteiger partial charge in [-0.25, -0.2) is 4.98 Å². The summed E-state index contributed by atoms with van der Waals surface area (Å²) in [6, 6.07) is 0.251. The molecular formula is C9H15BrN4O. The summed E-state index contributed by atoms with van der Waals surface area (Å²) < 4.78 is 0.455. The van der Waals surface area contributed by atoms with Gasteiger partial charge in [0, 0.05) is 13.1 Å². The number of aromatic amines is 1. The number of hydrogen-bond donors (Lipinski definition) is 2. The molecule has 0 fully saturated rings. The summed E-state index contributed by atoms with van der Waals surface area (Å²) in [5, 5.41) is 0. The number of nitrogens with zero attached hydrogens (tertiary/aromatic N) is 2. The van der Waals surface area contributed by atoms with Crippen LogP contribution in [0, 0.1) is 0 Å². The molecule has 1 heterocycles. The van der Waals surface area contributed by atoms with E-state index in [0.717, 1.165) is 6.42 Å². The third-order valence-electron chi connectivity index (χ3n) is 2.36. The van der Waals surface area contributed by atoms with Gasteiger partial charge in [-0.05, 0) is 35.8 Å². The molecule has 0 amide bonds. The normalized spacial score (nSPS) is 12.5. The van der Waals surface area contributed by atoms with E-state index in [4.69, 9.17) is 5.73 Å². The van der Waals surface area contributed by atoms with Gasteiger partial charge in [0.2, 0.25) is 0 Å². The number of rotatable bonds is 4. The zero-order chi connectivity index (χ0) is 11.4. The Hall–Kier alpha value is -0.880. The lowest BCUT2D eigenvalue weighted by Crippen LogP contribution is -2.33. The summed E-state index contributed by atoms with van der Waals surface area (Å²) in [6.45, 7) is 2.66. The fourth-order valence-electron chi connectivity index (χ4n) is 1.26. The van der Waals surface area contributed by atoms with Crippen molar-refractivity contribution >= 4 is 21.7 Å². The van der Waals surface area contributed by atoms with Crippen LogP contribution in [0.1, 0.15) is 13.3 Å². The number of nitrogens with one attached hydrogen (secondary N) is 1. The number of hydrogen-bond acceptors (Lipinski definition) is 4. The largest absolute Gasteiger partial charge is 0.356 e. The fraction of sp³-hybridized carbons (Fsp3) is 0.556. The van der Waals surface area contributed by atoms with Gasteiger partial charge < -0.3 is 15.6 Å². The second-order valence-electron chi connectivity index (χ2n) is 3.41. The molecule has 1 rings (SSSR count). The van der Waals surface area contributed by atoms with E-state index >= 15 is 0 Å². The van der Waals surface area contributed by atoms with Crippen LogP contribution in [0.2, 0.25) is 0 Å². The molecule has 0 saturated heterocycles. The molecule has 0 saturated carbocycles. The van der Waals surface area contributed by atoms with Crippen LogP contribution in [0.15, 0.2) is 15.6 Å². The van der Waals surface area contributed by atoms with E-state index in [0.29, 0.717) is 16.8 Å². The van der Waals surface area contributed by atoms with E-state index in [1.165, 1.54) is 6.33 Å². The van der Waals surface area contributed by atoms with Crippen LogP contribution in [0.25, 0.3) is 0 Å². The van der Waals surface area contributed by atoms with Crippen LogP contribution in [0.4, 0.5) is 5.82 Å². The lowest BCUT2D eigenvalue weighted by Gasteiger charge is -2.25. The SMILES string of the molecule is CC(CCN)N(C)c1nc[nH]c(=O)c1Br. The zero-order valence-electron chi connectivity index (χ0n) is 8.83. The highest BCUT2D eigenvalue weighted by molar-refractivity contribution is 9.10. The van der Waals surface area contributed by atoms with E-state index in [9.17, 15) is 4.79 Å². The molecule has 3 N–H and O–H groups in total. The summed E-state index contributed by atoms with van der Waals surface area (Å²) in [5.74, 6) is 0.639. The van der Waals surface area contributed by atoms with Crippen molar-refractivity contribution in [3.05, 3.63) is 21.2 Å². The average Bonchev–Trinajstić information content (AvgIpc) is 2.21. The van der Waals surface area contributed by atoms with Crippen LogP contribution in [0.5, 0.6) is 0 Å². The van der Waals surface area contributed by atoms with E-state index < -0.39 is 0 Å². The van der Waals surface area contributed by atoms with Crippen molar-refractivity contribution in [2.75, 3.05) is 18.5 Å². The molecule has 6 heteroatoms. The van der Waals surface area contributed by atoms with Crippen molar-refractivity contribution in [2.24, 2.45) is 5.73 Å². The molecule has 1 aromatic rings. The number of anilines is 1. The van der Waals surface area contributed by atoms with Crippen LogP contribution < -0.4 is 16.2 Å². The third kappa shape index (κ3) is 2.79. The number of nitrogens with two attached hydrogens (primary N) is 1. The zero-order valence-corrected chi connectivity index (χ0v) is 10.4. The monoisotopic (exact) mass is 274 g/mol. The topological polar surface area (TPSA) is 75.0 Å². The Balaban J connectivity index is 2.95. The number of H-pyrrole nitrogens is 1. The highest BCUT2D eigenvalue weighted by Gasteiger charge is 2.14. The number of halogens is 1. The fourth-order valence-corrected chi connectivity index (χ4v) is 1.76. The highest BCUT2D eigenvalue weighted by atomic mass is 79.9. The molecule has 1 unspecified atom stereocenters. The van der Waals surface area contributed by atoms with Crippen molar-refractivity contribution in [2.45, 2.75) is 19.4 Å². The molecule has 0 aliphatic carbocycles. The van der Waals surface area contributed by atoms with Crippen LogP contribution in [0.3, 0.4) is 0 Å². The van der Waals surface area contributed by atoms with E-state index in [2.05, 4.69) is 25.9 Å². The van der Waals surface area contributed by atoms with E-state index in [-0.39, 0.29) is 11.6 Å². The van der Waals surface area contributed by atoms with Crippen LogP contribution in [-0.4, -0.2) is 29.6 Å². The van der Waals surface area contributed by atoms with Crippen LogP contribution in [-0.2, 0) is 0 Å². The van der Waals surface area contributed by atoms with Crippen molar-refractivity contribution in [3.8, 4) is 0 Å². The third-order valence-corrected chi connectivity index (χ3v) is 3.07. The summed E-state index contributed by atoms with van der Waals surface area (Å²) in [5.41, 5.74) is 5.31. The summed E-state index contributed by atoms with van der Waals surface area (Å²) >= 11 is 3.22. The number of aromatic nitrogens is 2. The lowest BCUT2D eigenvalue weighted by atomic mass is 10.2. The molecule has 0 aromatic carbocycles. The molecule has 15 heavy (non-hydrogen) atoms. The minimum atomic E-state index is -0.174. The van der Waals surface area contributed by atoms with Gasteiger partial charge in [-0.1, -0.05) is 0 Å². The molecule has 1 aromatic heterocycles. The van der Waals surface area contributed by atoms with E-state index in [1.54, 1.807) is 0 Å². The predicted molar refractivity (Wildman–Crippen MR) is 64.1 cm³/mol. The van der Waals surface area contributed by atoms with Gasteiger partial charge in [-0.2, -0.15) is 0 Å². The summed E-state index contributed by atoms with van der Waals surface area (Å²) in [6.07, 6.45) is 2.26. The summed E-state index contributed by atoms with van der Waals surface area (Å²) in [4.78, 5) is 19.9. The quantitative estimate of drug-likeness (QED) is 0.848. The van der Waals surface area contributed by atoms with Gasteiger partial charge in [-0.15, -0.1) is 0 Å². The maximum Gasteiger partial charge on any atom is 0.267 e. The second-order valence-corrected chi connectivity index (χ2v) is 4.20. The molecule has 5 nitrogen and oxygen atoms in total. The van der Waals surface area contributed by atoms with Gasteiger partial charge in [0.05, 0.1) is 6.33 Å².